The number of nitrogens with one attached hydrogen (secondary N) is 2. The third kappa shape index (κ3) is 3.05. The molecule has 2 N–H and O–H groups in total. The molecule has 0 spiro atoms. The zero-order valence-corrected chi connectivity index (χ0v) is 13.1. The van der Waals surface area contributed by atoms with Gasteiger partial charge in [0.25, 0.3) is 5.91 Å². The number of carbonyl (C=O) groups is 1. The second-order valence-corrected chi connectivity index (χ2v) is 5.67. The number of nitrogens with zero attached hydrogens (tertiary/aromatic N) is 2. The van der Waals surface area contributed by atoms with Gasteiger partial charge >= 0.3 is 0 Å². The van der Waals surface area contributed by atoms with Crippen LogP contribution in [0, 0.1) is 0 Å². The van der Waals surface area contributed by atoms with Crippen molar-refractivity contribution in [2.45, 2.75) is 13.0 Å². The summed E-state index contributed by atoms with van der Waals surface area (Å²) in [7, 11) is 0. The fraction of sp³-hybridized carbons (Fsp3) is 0.133. The van der Waals surface area contributed by atoms with Crippen LogP contribution in [0.2, 0.25) is 10.2 Å². The largest absolute Gasteiger partial charge is 0.342 e. The van der Waals surface area contributed by atoms with Crippen LogP contribution in [-0.2, 0) is 0 Å². The van der Waals surface area contributed by atoms with E-state index in [0.717, 1.165) is 11.0 Å². The Kier molecular flexibility index (Phi) is 4.00. The lowest BCUT2D eigenvalue weighted by atomic mass is 10.2. The van der Waals surface area contributed by atoms with Gasteiger partial charge in [-0.1, -0.05) is 23.2 Å². The van der Waals surface area contributed by atoms with Gasteiger partial charge in [-0.25, -0.2) is 9.97 Å². The van der Waals surface area contributed by atoms with Gasteiger partial charge in [-0.15, -0.1) is 0 Å². The third-order valence-corrected chi connectivity index (χ3v) is 3.67. The predicted molar refractivity (Wildman–Crippen MR) is 86.2 cm³/mol. The summed E-state index contributed by atoms with van der Waals surface area (Å²) in [5.74, 6) is 0.419. The Hall–Kier alpha value is -2.11. The molecule has 3 aromatic rings. The zero-order chi connectivity index (χ0) is 15.7. The maximum atomic E-state index is 12.2. The Balaban J connectivity index is 1.79. The minimum atomic E-state index is -0.283. The second-order valence-electron chi connectivity index (χ2n) is 4.85. The molecular weight excluding hydrogens is 323 g/mol. The molecule has 7 heteroatoms. The summed E-state index contributed by atoms with van der Waals surface area (Å²) in [6.45, 7) is 1.85. The van der Waals surface area contributed by atoms with E-state index in [2.05, 4.69) is 20.3 Å². The number of imidazole rings is 1. The molecule has 0 aliphatic rings. The van der Waals surface area contributed by atoms with Gasteiger partial charge in [0, 0.05) is 11.2 Å². The highest BCUT2D eigenvalue weighted by molar-refractivity contribution is 6.31. The number of amides is 1. The van der Waals surface area contributed by atoms with Crippen molar-refractivity contribution in [1.29, 1.82) is 0 Å². The number of hydrogen-bond acceptors (Lipinski definition) is 3. The van der Waals surface area contributed by atoms with E-state index in [1.54, 1.807) is 24.3 Å². The van der Waals surface area contributed by atoms with Crippen LogP contribution in [0.4, 0.5) is 0 Å². The molecule has 1 atom stereocenters. The summed E-state index contributed by atoms with van der Waals surface area (Å²) in [4.78, 5) is 23.6. The van der Waals surface area contributed by atoms with Crippen LogP contribution in [-0.4, -0.2) is 20.9 Å². The predicted octanol–water partition coefficient (Wildman–Crippen LogP) is 3.76. The molecule has 22 heavy (non-hydrogen) atoms. The van der Waals surface area contributed by atoms with Gasteiger partial charge in [0.1, 0.15) is 11.0 Å². The van der Waals surface area contributed by atoms with Crippen LogP contribution in [0.15, 0.2) is 36.5 Å². The molecule has 0 aliphatic carbocycles. The Morgan fingerprint density at radius 2 is 2.09 bits per heavy atom. The van der Waals surface area contributed by atoms with Gasteiger partial charge in [0.15, 0.2) is 0 Å². The van der Waals surface area contributed by atoms with E-state index in [-0.39, 0.29) is 11.9 Å². The van der Waals surface area contributed by atoms with Gasteiger partial charge in [-0.2, -0.15) is 0 Å². The summed E-state index contributed by atoms with van der Waals surface area (Å²) in [5, 5.41) is 3.84. The fourth-order valence-electron chi connectivity index (χ4n) is 2.07. The van der Waals surface area contributed by atoms with Gasteiger partial charge in [0.2, 0.25) is 0 Å². The first-order valence-electron chi connectivity index (χ1n) is 6.60. The number of aromatic amines is 1. The van der Waals surface area contributed by atoms with E-state index in [0.29, 0.717) is 21.6 Å². The normalized spacial score (nSPS) is 12.3. The lowest BCUT2D eigenvalue weighted by Crippen LogP contribution is -2.27. The zero-order valence-electron chi connectivity index (χ0n) is 11.6. The maximum absolute atomic E-state index is 12.2. The average molecular weight is 335 g/mol. The smallest absolute Gasteiger partial charge is 0.253 e. The van der Waals surface area contributed by atoms with E-state index < -0.39 is 0 Å². The van der Waals surface area contributed by atoms with Crippen LogP contribution in [0.3, 0.4) is 0 Å². The summed E-state index contributed by atoms with van der Waals surface area (Å²) >= 11 is 11.7. The number of hydrogen-bond donors (Lipinski definition) is 2. The van der Waals surface area contributed by atoms with E-state index >= 15 is 0 Å². The summed E-state index contributed by atoms with van der Waals surface area (Å²) < 4.78 is 0. The molecule has 1 unspecified atom stereocenters. The minimum absolute atomic E-state index is 0.241. The Morgan fingerprint density at radius 3 is 2.82 bits per heavy atom. The van der Waals surface area contributed by atoms with Crippen molar-refractivity contribution in [1.82, 2.24) is 20.3 Å². The molecule has 0 saturated carbocycles. The molecule has 0 saturated heterocycles. The van der Waals surface area contributed by atoms with Crippen molar-refractivity contribution in [2.75, 3.05) is 0 Å². The molecule has 2 heterocycles. The molecule has 1 aromatic carbocycles. The summed E-state index contributed by atoms with van der Waals surface area (Å²) in [5.41, 5.74) is 2.07. The lowest BCUT2D eigenvalue weighted by Gasteiger charge is -2.11. The topological polar surface area (TPSA) is 70.7 Å². The van der Waals surface area contributed by atoms with Crippen molar-refractivity contribution in [3.05, 3.63) is 58.1 Å². The van der Waals surface area contributed by atoms with E-state index in [1.807, 2.05) is 13.0 Å². The molecule has 112 valence electrons. The summed E-state index contributed by atoms with van der Waals surface area (Å²) in [6, 6.07) is 8.31. The van der Waals surface area contributed by atoms with Crippen LogP contribution in [0.1, 0.15) is 29.1 Å². The first-order chi connectivity index (χ1) is 10.5. The van der Waals surface area contributed by atoms with Gasteiger partial charge in [-0.05, 0) is 37.3 Å². The van der Waals surface area contributed by atoms with Crippen LogP contribution in [0.25, 0.3) is 11.0 Å². The standard InChI is InChI=1S/C15H12Cl2N4O/c1-8(19-15(22)9-2-5-13(17)18-7-9)14-20-11-4-3-10(16)6-12(11)21-14/h2-8H,1H3,(H,19,22)(H,20,21). The van der Waals surface area contributed by atoms with Crippen LogP contribution < -0.4 is 5.32 Å². The number of pyridine rings is 1. The first-order valence-corrected chi connectivity index (χ1v) is 7.36. The Morgan fingerprint density at radius 1 is 1.27 bits per heavy atom. The molecule has 1 amide bonds. The van der Waals surface area contributed by atoms with Gasteiger partial charge in [0.05, 0.1) is 22.6 Å². The third-order valence-electron chi connectivity index (χ3n) is 3.21. The van der Waals surface area contributed by atoms with E-state index in [4.69, 9.17) is 23.2 Å². The van der Waals surface area contributed by atoms with Crippen molar-refractivity contribution in [3.8, 4) is 0 Å². The quantitative estimate of drug-likeness (QED) is 0.716. The fourth-order valence-corrected chi connectivity index (χ4v) is 2.35. The van der Waals surface area contributed by atoms with Crippen molar-refractivity contribution >= 4 is 40.1 Å². The van der Waals surface area contributed by atoms with Crippen molar-refractivity contribution < 1.29 is 4.79 Å². The molecule has 0 radical (unpaired) electrons. The number of H-pyrrole nitrogens is 1. The van der Waals surface area contributed by atoms with Gasteiger partial charge < -0.3 is 10.3 Å². The second kappa shape index (κ2) is 5.94. The number of rotatable bonds is 3. The van der Waals surface area contributed by atoms with Crippen LogP contribution >= 0.6 is 23.2 Å². The molecule has 0 aliphatic heterocycles. The lowest BCUT2D eigenvalue weighted by molar-refractivity contribution is 0.0938. The number of benzene rings is 1. The SMILES string of the molecule is CC(NC(=O)c1ccc(Cl)nc1)c1nc2ccc(Cl)cc2[nH]1. The highest BCUT2D eigenvalue weighted by atomic mass is 35.5. The van der Waals surface area contributed by atoms with E-state index in [1.165, 1.54) is 6.20 Å². The highest BCUT2D eigenvalue weighted by Gasteiger charge is 2.15. The molecular formula is C15H12Cl2N4O. The Labute approximate surface area is 136 Å². The number of carbonyl (C=O) groups excluding carboxylic acids is 1. The Bertz CT molecular complexity index is 829. The van der Waals surface area contributed by atoms with Crippen LogP contribution in [0.5, 0.6) is 0 Å². The molecule has 2 aromatic heterocycles. The molecule has 3 rings (SSSR count). The monoisotopic (exact) mass is 334 g/mol. The average Bonchev–Trinajstić information content (AvgIpc) is 2.91. The summed E-state index contributed by atoms with van der Waals surface area (Å²) in [6.07, 6.45) is 1.43. The van der Waals surface area contributed by atoms with E-state index in [9.17, 15) is 4.79 Å². The minimum Gasteiger partial charge on any atom is -0.342 e. The van der Waals surface area contributed by atoms with Crippen molar-refractivity contribution in [2.24, 2.45) is 0 Å². The maximum Gasteiger partial charge on any atom is 0.253 e. The number of halogens is 2. The number of fused-ring (bicyclic) bond motifs is 1. The molecule has 5 nitrogen and oxygen atoms in total. The molecule has 0 bridgehead atoms. The first kappa shape index (κ1) is 14.8. The van der Waals surface area contributed by atoms with Gasteiger partial charge in [-0.3, -0.25) is 4.79 Å². The number of aromatic nitrogens is 3. The molecule has 0 fully saturated rings. The van der Waals surface area contributed by atoms with Crippen molar-refractivity contribution in [3.63, 3.8) is 0 Å². The highest BCUT2D eigenvalue weighted by Crippen LogP contribution is 2.20.